The van der Waals surface area contributed by atoms with E-state index in [0.29, 0.717) is 10.3 Å². The molecule has 1 aliphatic rings. The molecule has 0 radical (unpaired) electrons. The van der Waals surface area contributed by atoms with Crippen LogP contribution in [0.5, 0.6) is 0 Å². The fraction of sp³-hybridized carbons (Fsp3) is 0.333. The van der Waals surface area contributed by atoms with Gasteiger partial charge < -0.3 is 10.6 Å². The molecule has 2 amide bonds. The van der Waals surface area contributed by atoms with Crippen molar-refractivity contribution in [3.8, 4) is 0 Å². The van der Waals surface area contributed by atoms with Gasteiger partial charge in [0.15, 0.2) is 0 Å². The van der Waals surface area contributed by atoms with Crippen molar-refractivity contribution < 1.29 is 9.59 Å². The maximum atomic E-state index is 11.5. The maximum Gasteiger partial charge on any atom is 0.249 e. The molecule has 0 aliphatic carbocycles. The average molecular weight is 300 g/mol. The third-order valence-electron chi connectivity index (χ3n) is 2.49. The molecule has 0 bridgehead atoms. The van der Waals surface area contributed by atoms with Crippen LogP contribution in [-0.4, -0.2) is 34.4 Å². The van der Waals surface area contributed by atoms with Crippen molar-refractivity contribution in [2.45, 2.75) is 13.0 Å². The molecule has 1 unspecified atom stereocenters. The summed E-state index contributed by atoms with van der Waals surface area (Å²) in [5.74, 6) is -0.0173. The number of nitrogens with two attached hydrogens (primary N) is 1. The maximum absolute atomic E-state index is 11.5. The number of nitrogen functional groups attached to an aromatic ring is 1. The molecule has 1 aliphatic heterocycles. The van der Waals surface area contributed by atoms with E-state index in [9.17, 15) is 9.59 Å². The number of nitrogens with one attached hydrogen (secondary N) is 1. The molecule has 0 spiro atoms. The van der Waals surface area contributed by atoms with E-state index >= 15 is 0 Å². The summed E-state index contributed by atoms with van der Waals surface area (Å²) in [6.45, 7) is 1.74. The first-order chi connectivity index (χ1) is 8.00. The number of halogens is 1. The van der Waals surface area contributed by atoms with Crippen LogP contribution in [-0.2, 0) is 9.59 Å². The van der Waals surface area contributed by atoms with Gasteiger partial charge >= 0.3 is 0 Å². The van der Waals surface area contributed by atoms with Crippen molar-refractivity contribution in [2.75, 3.05) is 17.2 Å². The predicted molar refractivity (Wildman–Crippen MR) is 64.1 cm³/mol. The number of hydrogen-bond acceptors (Lipinski definition) is 6. The Hall–Kier alpha value is -1.70. The highest BCUT2D eigenvalue weighted by molar-refractivity contribution is 9.10. The molecular weight excluding hydrogens is 290 g/mol. The highest BCUT2D eigenvalue weighted by Gasteiger charge is 2.32. The zero-order valence-electron chi connectivity index (χ0n) is 8.98. The smallest absolute Gasteiger partial charge is 0.249 e. The summed E-state index contributed by atoms with van der Waals surface area (Å²) in [5.41, 5.74) is 5.63. The largest absolute Gasteiger partial charge is 0.383 e. The Bertz CT molecular complexity index is 492. The summed E-state index contributed by atoms with van der Waals surface area (Å²) in [5, 5.41) is 2.25. The second kappa shape index (κ2) is 4.28. The van der Waals surface area contributed by atoms with Gasteiger partial charge in [-0.1, -0.05) is 0 Å². The second-order valence-corrected chi connectivity index (χ2v) is 4.41. The van der Waals surface area contributed by atoms with Crippen LogP contribution in [0.25, 0.3) is 0 Å². The molecule has 0 saturated carbocycles. The Morgan fingerprint density at radius 1 is 1.53 bits per heavy atom. The molecule has 1 atom stereocenters. The lowest BCUT2D eigenvalue weighted by atomic mass is 10.2. The number of hydrogen-bond donors (Lipinski definition) is 2. The molecule has 2 heterocycles. The van der Waals surface area contributed by atoms with Gasteiger partial charge in [0.1, 0.15) is 28.5 Å². The van der Waals surface area contributed by atoms with Gasteiger partial charge in [-0.2, -0.15) is 0 Å². The van der Waals surface area contributed by atoms with Gasteiger partial charge in [-0.15, -0.1) is 0 Å². The highest BCUT2D eigenvalue weighted by Crippen LogP contribution is 2.29. The first kappa shape index (κ1) is 11.8. The number of rotatable bonds is 1. The first-order valence-corrected chi connectivity index (χ1v) is 5.66. The molecule has 90 valence electrons. The molecule has 1 fully saturated rings. The zero-order chi connectivity index (χ0) is 12.6. The van der Waals surface area contributed by atoms with Crippen molar-refractivity contribution in [1.29, 1.82) is 0 Å². The fourth-order valence-electron chi connectivity index (χ4n) is 1.55. The predicted octanol–water partition coefficient (Wildman–Crippen LogP) is -0.327. The van der Waals surface area contributed by atoms with E-state index in [2.05, 4.69) is 31.2 Å². The van der Waals surface area contributed by atoms with Crippen LogP contribution in [0.2, 0.25) is 0 Å². The lowest BCUT2D eigenvalue weighted by Gasteiger charge is -2.33. The lowest BCUT2D eigenvalue weighted by Crippen LogP contribution is -2.57. The van der Waals surface area contributed by atoms with Crippen LogP contribution in [0.4, 0.5) is 11.6 Å². The number of amides is 2. The van der Waals surface area contributed by atoms with Crippen molar-refractivity contribution in [3.05, 3.63) is 10.8 Å². The van der Waals surface area contributed by atoms with E-state index in [1.165, 1.54) is 6.33 Å². The quantitative estimate of drug-likeness (QED) is 0.689. The van der Waals surface area contributed by atoms with Gasteiger partial charge in [-0.05, 0) is 22.9 Å². The average Bonchev–Trinajstić information content (AvgIpc) is 2.27. The Labute approximate surface area is 106 Å². The normalized spacial score (nSPS) is 20.4. The summed E-state index contributed by atoms with van der Waals surface area (Å²) in [6.07, 6.45) is 1.29. The molecule has 2 rings (SSSR count). The minimum absolute atomic E-state index is 0.0575. The topological polar surface area (TPSA) is 101 Å². The molecule has 1 aromatic rings. The van der Waals surface area contributed by atoms with Crippen molar-refractivity contribution in [3.63, 3.8) is 0 Å². The summed E-state index contributed by atoms with van der Waals surface area (Å²) in [7, 11) is 0. The second-order valence-electron chi connectivity index (χ2n) is 3.61. The Balaban J connectivity index is 2.41. The number of carbonyl (C=O) groups excluding carboxylic acids is 2. The Morgan fingerprint density at radius 3 is 2.94 bits per heavy atom. The number of imide groups is 1. The molecule has 0 aromatic carbocycles. The number of aromatic nitrogens is 2. The van der Waals surface area contributed by atoms with Crippen LogP contribution in [0, 0.1) is 0 Å². The van der Waals surface area contributed by atoms with Gasteiger partial charge in [-0.3, -0.25) is 14.9 Å². The van der Waals surface area contributed by atoms with Crippen LogP contribution in [0.1, 0.15) is 6.92 Å². The molecule has 3 N–H and O–H groups in total. The van der Waals surface area contributed by atoms with Crippen LogP contribution < -0.4 is 16.0 Å². The SMILES string of the molecule is CC1C(=O)NC(=O)CN1c1ncnc(N)c1Br. The third kappa shape index (κ3) is 2.07. The van der Waals surface area contributed by atoms with Gasteiger partial charge in [0, 0.05) is 0 Å². The van der Waals surface area contributed by atoms with Crippen LogP contribution in [0.15, 0.2) is 10.8 Å². The molecule has 1 saturated heterocycles. The monoisotopic (exact) mass is 299 g/mol. The molecule has 17 heavy (non-hydrogen) atoms. The standard InChI is InChI=1S/C9H10BrN5O2/c1-4-9(17)14-5(16)2-15(4)8-6(10)7(11)12-3-13-8/h3-4H,2H2,1H3,(H2,11,12,13)(H,14,16,17). The van der Waals surface area contributed by atoms with Crippen LogP contribution in [0.3, 0.4) is 0 Å². The number of anilines is 2. The molecular formula is C9H10BrN5O2. The molecule has 8 heteroatoms. The zero-order valence-corrected chi connectivity index (χ0v) is 10.6. The van der Waals surface area contributed by atoms with E-state index in [1.807, 2.05) is 0 Å². The van der Waals surface area contributed by atoms with Gasteiger partial charge in [0.25, 0.3) is 0 Å². The number of nitrogens with zero attached hydrogens (tertiary/aromatic N) is 3. The van der Waals surface area contributed by atoms with Crippen molar-refractivity contribution in [2.24, 2.45) is 0 Å². The van der Waals surface area contributed by atoms with Gasteiger partial charge in [0.05, 0.1) is 6.54 Å². The van der Waals surface area contributed by atoms with Crippen molar-refractivity contribution >= 4 is 39.4 Å². The summed E-state index contributed by atoms with van der Waals surface area (Å²) in [4.78, 5) is 32.3. The minimum atomic E-state index is -0.488. The van der Waals surface area contributed by atoms with E-state index in [4.69, 9.17) is 5.73 Å². The minimum Gasteiger partial charge on any atom is -0.383 e. The van der Waals surface area contributed by atoms with E-state index in [1.54, 1.807) is 11.8 Å². The fourth-order valence-corrected chi connectivity index (χ4v) is 1.98. The van der Waals surface area contributed by atoms with Gasteiger partial charge in [0.2, 0.25) is 11.8 Å². The van der Waals surface area contributed by atoms with E-state index < -0.39 is 6.04 Å². The summed E-state index contributed by atoms with van der Waals surface area (Å²) < 4.78 is 0.481. The first-order valence-electron chi connectivity index (χ1n) is 4.87. The molecule has 7 nitrogen and oxygen atoms in total. The Morgan fingerprint density at radius 2 is 2.24 bits per heavy atom. The lowest BCUT2D eigenvalue weighted by molar-refractivity contribution is -0.132. The molecule has 1 aromatic heterocycles. The summed E-state index contributed by atoms with van der Waals surface area (Å²) >= 11 is 3.25. The van der Waals surface area contributed by atoms with Gasteiger partial charge in [-0.25, -0.2) is 9.97 Å². The Kier molecular flexibility index (Phi) is 2.97. The summed E-state index contributed by atoms with van der Waals surface area (Å²) in [6, 6.07) is -0.488. The van der Waals surface area contributed by atoms with Crippen molar-refractivity contribution in [1.82, 2.24) is 15.3 Å². The van der Waals surface area contributed by atoms with E-state index in [-0.39, 0.29) is 24.2 Å². The number of piperazine rings is 1. The van der Waals surface area contributed by atoms with E-state index in [0.717, 1.165) is 0 Å². The highest BCUT2D eigenvalue weighted by atomic mass is 79.9. The third-order valence-corrected chi connectivity index (χ3v) is 3.25. The number of carbonyl (C=O) groups is 2. The van der Waals surface area contributed by atoms with Crippen LogP contribution >= 0.6 is 15.9 Å².